The molecule has 0 spiro atoms. The molecule has 0 atom stereocenters. The first-order valence-corrected chi connectivity index (χ1v) is 6.58. The van der Waals surface area contributed by atoms with Crippen molar-refractivity contribution in [1.29, 1.82) is 0 Å². The molecule has 0 fully saturated rings. The van der Waals surface area contributed by atoms with Crippen molar-refractivity contribution in [2.24, 2.45) is 0 Å². The molecule has 0 radical (unpaired) electrons. The van der Waals surface area contributed by atoms with E-state index in [-0.39, 0.29) is 5.41 Å². The third-order valence-corrected chi connectivity index (χ3v) is 4.99. The molecule has 0 nitrogen and oxygen atoms in total. The van der Waals surface area contributed by atoms with Crippen LogP contribution in [0.5, 0.6) is 0 Å². The minimum atomic E-state index is 0.277. The summed E-state index contributed by atoms with van der Waals surface area (Å²) in [6.45, 7) is 11.4. The molecule has 14 heavy (non-hydrogen) atoms. The fourth-order valence-corrected chi connectivity index (χ4v) is 4.86. The van der Waals surface area contributed by atoms with Crippen LogP contribution in [0, 0.1) is 13.8 Å². The van der Waals surface area contributed by atoms with Crippen molar-refractivity contribution in [2.45, 2.75) is 40.0 Å². The molecule has 0 aliphatic rings. The van der Waals surface area contributed by atoms with Crippen LogP contribution in [0.25, 0.3) is 9.40 Å². The fourth-order valence-electron chi connectivity index (χ4n) is 1.97. The Bertz CT molecular complexity index is 466. The lowest BCUT2D eigenvalue weighted by Gasteiger charge is -2.18. The number of thiophene rings is 2. The van der Waals surface area contributed by atoms with Crippen molar-refractivity contribution in [3.05, 3.63) is 21.4 Å². The van der Waals surface area contributed by atoms with Crippen LogP contribution in [0.4, 0.5) is 0 Å². The normalized spacial score (nSPS) is 12.6. The van der Waals surface area contributed by atoms with Crippen molar-refractivity contribution >= 4 is 32.1 Å². The van der Waals surface area contributed by atoms with Crippen molar-refractivity contribution in [3.8, 4) is 0 Å². The van der Waals surface area contributed by atoms with Gasteiger partial charge in [-0.1, -0.05) is 20.8 Å². The second kappa shape index (κ2) is 3.07. The Labute approximate surface area is 93.6 Å². The second-order valence-corrected chi connectivity index (χ2v) is 6.96. The van der Waals surface area contributed by atoms with Crippen molar-refractivity contribution < 1.29 is 0 Å². The second-order valence-electron chi connectivity index (χ2n) is 4.86. The third-order valence-electron chi connectivity index (χ3n) is 2.50. The molecule has 2 aromatic rings. The number of hydrogen-bond donors (Lipinski definition) is 0. The van der Waals surface area contributed by atoms with Crippen LogP contribution in [0.2, 0.25) is 0 Å². The quantitative estimate of drug-likeness (QED) is 0.598. The average molecular weight is 224 g/mol. The molecule has 0 amide bonds. The van der Waals surface area contributed by atoms with Crippen LogP contribution in [-0.2, 0) is 5.41 Å². The van der Waals surface area contributed by atoms with E-state index >= 15 is 0 Å². The molecular formula is C12H16S2. The summed E-state index contributed by atoms with van der Waals surface area (Å²) in [7, 11) is 0. The maximum atomic E-state index is 2.30. The number of aryl methyl sites for hydroxylation is 2. The summed E-state index contributed by atoms with van der Waals surface area (Å²) in [6.07, 6.45) is 0. The summed E-state index contributed by atoms with van der Waals surface area (Å²) in [4.78, 5) is 1.49. The molecule has 0 unspecified atom stereocenters. The maximum absolute atomic E-state index is 2.30. The minimum absolute atomic E-state index is 0.277. The predicted molar refractivity (Wildman–Crippen MR) is 67.9 cm³/mol. The summed E-state index contributed by atoms with van der Waals surface area (Å²) in [6, 6.07) is 0. The smallest absolute Gasteiger partial charge is 0.0493 e. The van der Waals surface area contributed by atoms with Crippen LogP contribution < -0.4 is 0 Å². The molecule has 0 bridgehead atoms. The van der Waals surface area contributed by atoms with E-state index in [9.17, 15) is 0 Å². The first-order chi connectivity index (χ1) is 6.41. The lowest BCUT2D eigenvalue weighted by Crippen LogP contribution is -2.11. The molecule has 2 rings (SSSR count). The molecule has 0 saturated heterocycles. The van der Waals surface area contributed by atoms with Gasteiger partial charge < -0.3 is 0 Å². The topological polar surface area (TPSA) is 0 Å². The highest BCUT2D eigenvalue weighted by molar-refractivity contribution is 7.27. The van der Waals surface area contributed by atoms with Crippen LogP contribution in [-0.4, -0.2) is 0 Å². The summed E-state index contributed by atoms with van der Waals surface area (Å²) < 4.78 is 3.01. The Morgan fingerprint density at radius 3 is 2.29 bits per heavy atom. The van der Waals surface area contributed by atoms with E-state index in [4.69, 9.17) is 0 Å². The van der Waals surface area contributed by atoms with Crippen molar-refractivity contribution in [2.75, 3.05) is 0 Å². The molecule has 0 aliphatic carbocycles. The number of rotatable bonds is 0. The van der Waals surface area contributed by atoms with E-state index in [1.807, 2.05) is 22.7 Å². The summed E-state index contributed by atoms with van der Waals surface area (Å²) >= 11 is 3.85. The van der Waals surface area contributed by atoms with E-state index in [0.29, 0.717) is 0 Å². The largest absolute Gasteiger partial charge is 0.142 e. The molecule has 0 saturated carbocycles. The summed E-state index contributed by atoms with van der Waals surface area (Å²) in [5, 5.41) is 2.27. The summed E-state index contributed by atoms with van der Waals surface area (Å²) in [5.74, 6) is 0. The van der Waals surface area contributed by atoms with E-state index in [1.54, 1.807) is 5.56 Å². The Hall–Kier alpha value is -0.340. The third kappa shape index (κ3) is 1.41. The average Bonchev–Trinajstić information content (AvgIpc) is 2.49. The maximum Gasteiger partial charge on any atom is 0.0493 e. The van der Waals surface area contributed by atoms with Gasteiger partial charge in [-0.3, -0.25) is 0 Å². The van der Waals surface area contributed by atoms with E-state index < -0.39 is 0 Å². The SMILES string of the molecule is Cc1sc2c(C)csc2c1C(C)(C)C. The first kappa shape index (κ1) is 10.2. The van der Waals surface area contributed by atoms with E-state index in [1.165, 1.54) is 19.8 Å². The summed E-state index contributed by atoms with van der Waals surface area (Å²) in [5.41, 5.74) is 3.27. The first-order valence-electron chi connectivity index (χ1n) is 4.89. The van der Waals surface area contributed by atoms with Gasteiger partial charge >= 0.3 is 0 Å². The van der Waals surface area contributed by atoms with Gasteiger partial charge in [-0.05, 0) is 35.8 Å². The Morgan fingerprint density at radius 2 is 1.71 bits per heavy atom. The van der Waals surface area contributed by atoms with Gasteiger partial charge in [-0.25, -0.2) is 0 Å². The minimum Gasteiger partial charge on any atom is -0.142 e. The van der Waals surface area contributed by atoms with Crippen molar-refractivity contribution in [3.63, 3.8) is 0 Å². The van der Waals surface area contributed by atoms with Gasteiger partial charge in [0.25, 0.3) is 0 Å². The van der Waals surface area contributed by atoms with Gasteiger partial charge in [-0.2, -0.15) is 0 Å². The lowest BCUT2D eigenvalue weighted by molar-refractivity contribution is 0.595. The molecule has 76 valence electrons. The highest BCUT2D eigenvalue weighted by atomic mass is 32.1. The van der Waals surface area contributed by atoms with Gasteiger partial charge in [0.2, 0.25) is 0 Å². The highest BCUT2D eigenvalue weighted by Crippen LogP contribution is 2.42. The Balaban J connectivity index is 2.81. The van der Waals surface area contributed by atoms with Crippen LogP contribution in [0.3, 0.4) is 0 Å². The molecule has 0 aliphatic heterocycles. The molecule has 2 aromatic heterocycles. The molecular weight excluding hydrogens is 208 g/mol. The Morgan fingerprint density at radius 1 is 1.07 bits per heavy atom. The lowest BCUT2D eigenvalue weighted by atomic mass is 9.87. The molecule has 2 heterocycles. The van der Waals surface area contributed by atoms with Gasteiger partial charge in [0, 0.05) is 14.3 Å². The predicted octanol–water partition coefficient (Wildman–Crippen LogP) is 4.88. The van der Waals surface area contributed by atoms with Crippen LogP contribution in [0.15, 0.2) is 5.38 Å². The van der Waals surface area contributed by atoms with Gasteiger partial charge in [0.05, 0.1) is 0 Å². The molecule has 0 N–H and O–H groups in total. The Kier molecular flexibility index (Phi) is 2.24. The van der Waals surface area contributed by atoms with Crippen LogP contribution >= 0.6 is 22.7 Å². The fraction of sp³-hybridized carbons (Fsp3) is 0.500. The standard InChI is InChI=1S/C12H16S2/c1-7-6-13-11-9(12(3,4)5)8(2)14-10(7)11/h6H,1-5H3. The molecule has 0 aromatic carbocycles. The monoisotopic (exact) mass is 224 g/mol. The molecule has 2 heteroatoms. The van der Waals surface area contributed by atoms with Gasteiger partial charge in [0.15, 0.2) is 0 Å². The zero-order valence-electron chi connectivity index (χ0n) is 9.39. The highest BCUT2D eigenvalue weighted by Gasteiger charge is 2.23. The zero-order valence-corrected chi connectivity index (χ0v) is 11.0. The van der Waals surface area contributed by atoms with Crippen molar-refractivity contribution in [1.82, 2.24) is 0 Å². The number of hydrogen-bond acceptors (Lipinski definition) is 2. The van der Waals surface area contributed by atoms with E-state index in [2.05, 4.69) is 40.0 Å². The van der Waals surface area contributed by atoms with Gasteiger partial charge in [0.1, 0.15) is 0 Å². The van der Waals surface area contributed by atoms with E-state index in [0.717, 1.165) is 0 Å². The number of fused-ring (bicyclic) bond motifs is 1. The van der Waals surface area contributed by atoms with Crippen LogP contribution in [0.1, 0.15) is 36.8 Å². The van der Waals surface area contributed by atoms with Gasteiger partial charge in [-0.15, -0.1) is 22.7 Å². The zero-order chi connectivity index (χ0) is 10.5.